The summed E-state index contributed by atoms with van der Waals surface area (Å²) in [6, 6.07) is 0.400. The molecule has 1 heterocycles. The lowest BCUT2D eigenvalue weighted by molar-refractivity contribution is -0.107. The number of aliphatic imine (C=N–C) groups is 1. The zero-order valence-corrected chi connectivity index (χ0v) is 12.8. The average molecular weight is 281 g/mol. The van der Waals surface area contributed by atoms with Gasteiger partial charge < -0.3 is 20.5 Å². The van der Waals surface area contributed by atoms with Crippen LogP contribution in [0, 0.1) is 11.3 Å². The fraction of sp³-hybridized carbons (Fsp3) is 0.933. The van der Waals surface area contributed by atoms with Gasteiger partial charge in [0.15, 0.2) is 5.96 Å². The first-order chi connectivity index (χ1) is 9.46. The molecule has 3 rings (SSSR count). The Labute approximate surface area is 121 Å². The summed E-state index contributed by atoms with van der Waals surface area (Å²) in [5, 5.41) is 17.0. The van der Waals surface area contributed by atoms with E-state index in [-0.39, 0.29) is 5.41 Å². The maximum Gasteiger partial charge on any atom is 0.191 e. The lowest BCUT2D eigenvalue weighted by Crippen LogP contribution is -2.68. The van der Waals surface area contributed by atoms with Crippen molar-refractivity contribution < 1.29 is 9.84 Å². The fourth-order valence-electron chi connectivity index (χ4n) is 3.97. The van der Waals surface area contributed by atoms with Gasteiger partial charge in [0, 0.05) is 37.6 Å². The molecule has 3 N–H and O–H groups in total. The van der Waals surface area contributed by atoms with Crippen LogP contribution in [0.15, 0.2) is 4.99 Å². The SMILES string of the molecule is CN=C(NCC1(O)CCC1)NC1C2CCOC2C1(C)C. The molecule has 0 spiro atoms. The number of rotatable bonds is 3. The summed E-state index contributed by atoms with van der Waals surface area (Å²) in [5.41, 5.74) is -0.377. The molecule has 0 aromatic heterocycles. The summed E-state index contributed by atoms with van der Waals surface area (Å²) in [6.45, 7) is 5.97. The van der Waals surface area contributed by atoms with Gasteiger partial charge in [0.2, 0.25) is 0 Å². The van der Waals surface area contributed by atoms with Crippen LogP contribution in [-0.4, -0.2) is 49.0 Å². The van der Waals surface area contributed by atoms with E-state index >= 15 is 0 Å². The topological polar surface area (TPSA) is 65.9 Å². The number of aliphatic hydroxyl groups is 1. The second-order valence-electron chi connectivity index (χ2n) is 7.19. The molecule has 0 aromatic rings. The summed E-state index contributed by atoms with van der Waals surface area (Å²) >= 11 is 0. The average Bonchev–Trinajstić information content (AvgIpc) is 2.83. The normalized spacial score (nSPS) is 37.6. The van der Waals surface area contributed by atoms with Crippen LogP contribution >= 0.6 is 0 Å². The summed E-state index contributed by atoms with van der Waals surface area (Å²) in [6.07, 6.45) is 4.43. The quantitative estimate of drug-likeness (QED) is 0.531. The molecule has 1 aliphatic heterocycles. The molecular weight excluding hydrogens is 254 g/mol. The van der Waals surface area contributed by atoms with Gasteiger partial charge in [-0.05, 0) is 25.7 Å². The first-order valence-electron chi connectivity index (χ1n) is 7.77. The third-order valence-corrected chi connectivity index (χ3v) is 5.49. The predicted molar refractivity (Wildman–Crippen MR) is 78.7 cm³/mol. The van der Waals surface area contributed by atoms with Gasteiger partial charge in [0.25, 0.3) is 0 Å². The monoisotopic (exact) mass is 281 g/mol. The van der Waals surface area contributed by atoms with Crippen LogP contribution in [0.1, 0.15) is 39.5 Å². The van der Waals surface area contributed by atoms with Crippen LogP contribution in [0.25, 0.3) is 0 Å². The largest absolute Gasteiger partial charge is 0.388 e. The molecule has 0 amide bonds. The smallest absolute Gasteiger partial charge is 0.191 e. The zero-order valence-electron chi connectivity index (χ0n) is 12.8. The lowest BCUT2D eigenvalue weighted by atomic mass is 9.57. The molecule has 3 atom stereocenters. The van der Waals surface area contributed by atoms with E-state index < -0.39 is 5.60 Å². The van der Waals surface area contributed by atoms with Crippen LogP contribution in [-0.2, 0) is 4.74 Å². The Kier molecular flexibility index (Phi) is 3.45. The number of nitrogens with zero attached hydrogens (tertiary/aromatic N) is 1. The molecule has 3 fully saturated rings. The van der Waals surface area contributed by atoms with E-state index in [0.29, 0.717) is 24.6 Å². The second kappa shape index (κ2) is 4.88. The summed E-state index contributed by atoms with van der Waals surface area (Å²) in [4.78, 5) is 4.29. The van der Waals surface area contributed by atoms with E-state index in [1.807, 2.05) is 0 Å². The van der Waals surface area contributed by atoms with Crippen molar-refractivity contribution in [1.82, 2.24) is 10.6 Å². The third-order valence-electron chi connectivity index (χ3n) is 5.49. The lowest BCUT2D eigenvalue weighted by Gasteiger charge is -2.55. The number of fused-ring (bicyclic) bond motifs is 1. The molecule has 0 radical (unpaired) electrons. The van der Waals surface area contributed by atoms with Crippen LogP contribution in [0.4, 0.5) is 0 Å². The molecule has 2 saturated carbocycles. The summed E-state index contributed by atoms with van der Waals surface area (Å²) < 4.78 is 5.81. The van der Waals surface area contributed by atoms with Gasteiger partial charge in [-0.25, -0.2) is 0 Å². The van der Waals surface area contributed by atoms with Gasteiger partial charge in [-0.2, -0.15) is 0 Å². The molecule has 5 heteroatoms. The molecular formula is C15H27N3O2. The van der Waals surface area contributed by atoms with Gasteiger partial charge in [-0.1, -0.05) is 13.8 Å². The van der Waals surface area contributed by atoms with E-state index in [1.54, 1.807) is 7.05 Å². The second-order valence-corrected chi connectivity index (χ2v) is 7.19. The van der Waals surface area contributed by atoms with Crippen LogP contribution in [0.5, 0.6) is 0 Å². The Bertz CT molecular complexity index is 404. The molecule has 114 valence electrons. The van der Waals surface area contributed by atoms with Crippen LogP contribution < -0.4 is 10.6 Å². The summed E-state index contributed by atoms with van der Waals surface area (Å²) in [5.74, 6) is 1.39. The first kappa shape index (κ1) is 14.1. The van der Waals surface area contributed by atoms with Crippen molar-refractivity contribution in [2.24, 2.45) is 16.3 Å². The molecule has 3 unspecified atom stereocenters. The first-order valence-corrected chi connectivity index (χ1v) is 7.77. The van der Waals surface area contributed by atoms with Crippen LogP contribution in [0.2, 0.25) is 0 Å². The minimum Gasteiger partial charge on any atom is -0.388 e. The highest BCUT2D eigenvalue weighted by atomic mass is 16.5. The Morgan fingerprint density at radius 2 is 2.15 bits per heavy atom. The Morgan fingerprint density at radius 3 is 2.75 bits per heavy atom. The molecule has 5 nitrogen and oxygen atoms in total. The van der Waals surface area contributed by atoms with Gasteiger partial charge in [-0.15, -0.1) is 0 Å². The molecule has 2 aliphatic carbocycles. The van der Waals surface area contributed by atoms with Crippen molar-refractivity contribution in [2.45, 2.75) is 57.3 Å². The molecule has 3 aliphatic rings. The molecule has 0 aromatic carbocycles. The fourth-order valence-corrected chi connectivity index (χ4v) is 3.97. The minimum absolute atomic E-state index is 0.145. The highest BCUT2D eigenvalue weighted by Crippen LogP contribution is 2.52. The van der Waals surface area contributed by atoms with Crippen molar-refractivity contribution >= 4 is 5.96 Å². The van der Waals surface area contributed by atoms with E-state index in [2.05, 4.69) is 29.5 Å². The standard InChI is InChI=1S/C15H27N3O2/c1-14(2)11(10-5-8-20-12(10)14)18-13(16-3)17-9-15(19)6-4-7-15/h10-12,19H,4-9H2,1-3H3,(H2,16,17,18). The third kappa shape index (κ3) is 2.21. The van der Waals surface area contributed by atoms with Gasteiger partial charge in [0.1, 0.15) is 0 Å². The molecule has 20 heavy (non-hydrogen) atoms. The predicted octanol–water partition coefficient (Wildman–Crippen LogP) is 0.880. The van der Waals surface area contributed by atoms with E-state index in [9.17, 15) is 5.11 Å². The zero-order chi connectivity index (χ0) is 14.4. The molecule has 1 saturated heterocycles. The Morgan fingerprint density at radius 1 is 1.40 bits per heavy atom. The van der Waals surface area contributed by atoms with E-state index in [0.717, 1.165) is 38.2 Å². The van der Waals surface area contributed by atoms with E-state index in [1.165, 1.54) is 0 Å². The maximum absolute atomic E-state index is 10.1. The van der Waals surface area contributed by atoms with Crippen molar-refractivity contribution in [3.63, 3.8) is 0 Å². The number of hydrogen-bond donors (Lipinski definition) is 3. The number of ether oxygens (including phenoxy) is 1. The van der Waals surface area contributed by atoms with Crippen molar-refractivity contribution in [3.05, 3.63) is 0 Å². The van der Waals surface area contributed by atoms with Gasteiger partial charge >= 0.3 is 0 Å². The Balaban J connectivity index is 1.55. The van der Waals surface area contributed by atoms with Crippen molar-refractivity contribution in [1.29, 1.82) is 0 Å². The summed E-state index contributed by atoms with van der Waals surface area (Å²) in [7, 11) is 1.79. The maximum atomic E-state index is 10.1. The van der Waals surface area contributed by atoms with Gasteiger partial charge in [0.05, 0.1) is 11.7 Å². The Hall–Kier alpha value is -0.810. The number of guanidine groups is 1. The van der Waals surface area contributed by atoms with Crippen molar-refractivity contribution in [3.8, 4) is 0 Å². The minimum atomic E-state index is -0.522. The van der Waals surface area contributed by atoms with E-state index in [4.69, 9.17) is 4.74 Å². The van der Waals surface area contributed by atoms with Crippen LogP contribution in [0.3, 0.4) is 0 Å². The molecule has 0 bridgehead atoms. The highest BCUT2D eigenvalue weighted by Gasteiger charge is 2.59. The van der Waals surface area contributed by atoms with Crippen molar-refractivity contribution in [2.75, 3.05) is 20.2 Å². The number of nitrogens with one attached hydrogen (secondary N) is 2. The highest BCUT2D eigenvalue weighted by molar-refractivity contribution is 5.80. The number of hydrogen-bond acceptors (Lipinski definition) is 3. The van der Waals surface area contributed by atoms with Gasteiger partial charge in [-0.3, -0.25) is 4.99 Å².